The van der Waals surface area contributed by atoms with Gasteiger partial charge in [-0.2, -0.15) is 0 Å². The summed E-state index contributed by atoms with van der Waals surface area (Å²) in [6, 6.07) is 6.50. The molecule has 4 nitrogen and oxygen atoms in total. The van der Waals surface area contributed by atoms with Crippen LogP contribution in [0.1, 0.15) is 62.5 Å². The van der Waals surface area contributed by atoms with Gasteiger partial charge in [0.2, 0.25) is 0 Å². The van der Waals surface area contributed by atoms with Crippen LogP contribution in [0, 0.1) is 13.8 Å². The quantitative estimate of drug-likeness (QED) is 0.858. The summed E-state index contributed by atoms with van der Waals surface area (Å²) in [5.41, 5.74) is 4.06. The Hall–Kier alpha value is -1.46. The molecule has 1 N–H and O–H groups in total. The molecule has 1 aromatic heterocycles. The molecule has 24 heavy (non-hydrogen) atoms. The molecule has 5 heteroatoms. The fourth-order valence-corrected chi connectivity index (χ4v) is 4.61. The summed E-state index contributed by atoms with van der Waals surface area (Å²) in [6.07, 6.45) is 4.69. The topological polar surface area (TPSA) is 55.1 Å². The molecule has 0 aliphatic heterocycles. The predicted molar refractivity (Wildman–Crippen MR) is 97.3 cm³/mol. The van der Waals surface area contributed by atoms with Gasteiger partial charge < -0.3 is 4.52 Å². The third-order valence-corrected chi connectivity index (χ3v) is 6.13. The Morgan fingerprint density at radius 1 is 1.25 bits per heavy atom. The van der Waals surface area contributed by atoms with Gasteiger partial charge in [0, 0.05) is 11.6 Å². The van der Waals surface area contributed by atoms with Gasteiger partial charge in [0.1, 0.15) is 16.7 Å². The summed E-state index contributed by atoms with van der Waals surface area (Å²) >= 11 is 0. The van der Waals surface area contributed by atoms with E-state index in [0.717, 1.165) is 45.9 Å². The number of nitrogens with zero attached hydrogens (tertiary/aromatic N) is 1. The second kappa shape index (κ2) is 7.19. The van der Waals surface area contributed by atoms with Crippen molar-refractivity contribution in [2.75, 3.05) is 0 Å². The summed E-state index contributed by atoms with van der Waals surface area (Å²) < 4.78 is 21.5. The van der Waals surface area contributed by atoms with E-state index in [0.29, 0.717) is 6.04 Å². The van der Waals surface area contributed by atoms with Gasteiger partial charge in [0.05, 0.1) is 10.6 Å². The first kappa shape index (κ1) is 17.4. The Morgan fingerprint density at radius 2 is 1.96 bits per heavy atom. The number of aryl methyl sites for hydroxylation is 2. The minimum Gasteiger partial charge on any atom is -0.361 e. The number of nitrogens with one attached hydrogen (secondary N) is 1. The highest BCUT2D eigenvalue weighted by atomic mass is 32.2. The molecule has 0 bridgehead atoms. The molecule has 0 radical (unpaired) electrons. The molecular formula is C19H26N2O2S. The summed E-state index contributed by atoms with van der Waals surface area (Å²) in [5.74, 6) is 1.09. The average Bonchev–Trinajstić information content (AvgIpc) is 3.17. The van der Waals surface area contributed by atoms with Crippen LogP contribution in [-0.2, 0) is 11.0 Å². The molecule has 1 aliphatic carbocycles. The first-order valence-corrected chi connectivity index (χ1v) is 9.87. The van der Waals surface area contributed by atoms with Crippen LogP contribution in [0.2, 0.25) is 0 Å². The summed E-state index contributed by atoms with van der Waals surface area (Å²) in [5, 5.41) is 4.21. The van der Waals surface area contributed by atoms with Gasteiger partial charge in [-0.05, 0) is 49.8 Å². The van der Waals surface area contributed by atoms with Gasteiger partial charge in [-0.1, -0.05) is 44.0 Å². The monoisotopic (exact) mass is 346 g/mol. The summed E-state index contributed by atoms with van der Waals surface area (Å²) in [4.78, 5) is 0.856. The van der Waals surface area contributed by atoms with Crippen molar-refractivity contribution in [3.63, 3.8) is 0 Å². The lowest BCUT2D eigenvalue weighted by Crippen LogP contribution is -2.28. The lowest BCUT2D eigenvalue weighted by molar-refractivity contribution is 0.388. The van der Waals surface area contributed by atoms with Crippen LogP contribution in [-0.4, -0.2) is 15.4 Å². The van der Waals surface area contributed by atoms with Crippen LogP contribution in [0.25, 0.3) is 11.1 Å². The van der Waals surface area contributed by atoms with Crippen molar-refractivity contribution in [1.82, 2.24) is 9.88 Å². The van der Waals surface area contributed by atoms with E-state index in [2.05, 4.69) is 29.8 Å². The number of hydrogen-bond acceptors (Lipinski definition) is 3. The molecule has 130 valence electrons. The van der Waals surface area contributed by atoms with E-state index >= 15 is 0 Å². The van der Waals surface area contributed by atoms with Crippen LogP contribution in [0.5, 0.6) is 0 Å². The molecule has 1 aromatic carbocycles. The van der Waals surface area contributed by atoms with Gasteiger partial charge in [-0.15, -0.1) is 0 Å². The first-order valence-electron chi connectivity index (χ1n) is 8.72. The van der Waals surface area contributed by atoms with E-state index in [1.165, 1.54) is 12.8 Å². The third-order valence-electron chi connectivity index (χ3n) is 4.74. The first-order chi connectivity index (χ1) is 11.5. The van der Waals surface area contributed by atoms with Crippen molar-refractivity contribution >= 4 is 11.0 Å². The number of aromatic nitrogens is 1. The van der Waals surface area contributed by atoms with Crippen LogP contribution in [0.15, 0.2) is 27.6 Å². The maximum absolute atomic E-state index is 12.8. The van der Waals surface area contributed by atoms with E-state index in [-0.39, 0.29) is 5.92 Å². The number of benzene rings is 1. The standard InChI is InChI=1S/C19H26N2O2S/c1-12(2)19-18(14(4)23-20-19)15-10-9-13(3)17(11-15)24(22)21-16-7-5-6-8-16/h9-12,16,21H,5-8H2,1-4H3. The Morgan fingerprint density at radius 3 is 2.62 bits per heavy atom. The molecule has 0 spiro atoms. The van der Waals surface area contributed by atoms with Crippen molar-refractivity contribution in [2.45, 2.75) is 70.2 Å². The van der Waals surface area contributed by atoms with Crippen LogP contribution < -0.4 is 4.72 Å². The largest absolute Gasteiger partial charge is 0.361 e. The molecule has 1 atom stereocenters. The summed E-state index contributed by atoms with van der Waals surface area (Å²) in [7, 11) is -1.18. The zero-order valence-electron chi connectivity index (χ0n) is 14.9. The fourth-order valence-electron chi connectivity index (χ4n) is 3.35. The lowest BCUT2D eigenvalue weighted by atomic mass is 9.97. The molecular weight excluding hydrogens is 320 g/mol. The van der Waals surface area contributed by atoms with Gasteiger partial charge in [0.25, 0.3) is 0 Å². The Kier molecular flexibility index (Phi) is 5.21. The van der Waals surface area contributed by atoms with Crippen molar-refractivity contribution in [3.05, 3.63) is 35.2 Å². The Labute approximate surface area is 146 Å². The highest BCUT2D eigenvalue weighted by molar-refractivity contribution is 7.83. The van der Waals surface area contributed by atoms with Crippen molar-refractivity contribution in [1.29, 1.82) is 0 Å². The highest BCUT2D eigenvalue weighted by Crippen LogP contribution is 2.33. The Balaban J connectivity index is 1.94. The van der Waals surface area contributed by atoms with Crippen molar-refractivity contribution in [3.8, 4) is 11.1 Å². The molecule has 1 fully saturated rings. The van der Waals surface area contributed by atoms with Gasteiger partial charge >= 0.3 is 0 Å². The van der Waals surface area contributed by atoms with Crippen LogP contribution in [0.3, 0.4) is 0 Å². The van der Waals surface area contributed by atoms with Crippen LogP contribution in [0.4, 0.5) is 0 Å². The molecule has 2 aromatic rings. The van der Waals surface area contributed by atoms with E-state index in [4.69, 9.17) is 4.52 Å². The van der Waals surface area contributed by atoms with Crippen LogP contribution >= 0.6 is 0 Å². The predicted octanol–water partition coefficient (Wildman–Crippen LogP) is 4.64. The third kappa shape index (κ3) is 3.47. The smallest absolute Gasteiger partial charge is 0.141 e. The summed E-state index contributed by atoms with van der Waals surface area (Å²) in [6.45, 7) is 8.16. The van der Waals surface area contributed by atoms with Crippen molar-refractivity contribution < 1.29 is 8.73 Å². The molecule has 0 saturated heterocycles. The zero-order chi connectivity index (χ0) is 17.3. The maximum atomic E-state index is 12.8. The average molecular weight is 346 g/mol. The van der Waals surface area contributed by atoms with Gasteiger partial charge in [-0.25, -0.2) is 8.93 Å². The van der Waals surface area contributed by atoms with E-state index < -0.39 is 11.0 Å². The lowest BCUT2D eigenvalue weighted by Gasteiger charge is -2.14. The molecule has 1 unspecified atom stereocenters. The van der Waals surface area contributed by atoms with Gasteiger partial charge in [-0.3, -0.25) is 0 Å². The molecule has 1 saturated carbocycles. The van der Waals surface area contributed by atoms with E-state index in [1.54, 1.807) is 0 Å². The molecule has 3 rings (SSSR count). The molecule has 1 aliphatic rings. The SMILES string of the molecule is Cc1ccc(-c2c(C(C)C)noc2C)cc1S(=O)NC1CCCC1. The highest BCUT2D eigenvalue weighted by Gasteiger charge is 2.21. The Bertz CT molecular complexity index is 746. The fraction of sp³-hybridized carbons (Fsp3) is 0.526. The number of hydrogen-bond donors (Lipinski definition) is 1. The normalized spacial score (nSPS) is 16.9. The van der Waals surface area contributed by atoms with Gasteiger partial charge in [0.15, 0.2) is 0 Å². The van der Waals surface area contributed by atoms with E-state index in [9.17, 15) is 4.21 Å². The van der Waals surface area contributed by atoms with E-state index in [1.807, 2.05) is 26.0 Å². The zero-order valence-corrected chi connectivity index (χ0v) is 15.7. The minimum absolute atomic E-state index is 0.282. The van der Waals surface area contributed by atoms with Crippen molar-refractivity contribution in [2.24, 2.45) is 0 Å². The molecule has 0 amide bonds. The number of rotatable bonds is 5. The second-order valence-corrected chi connectivity index (χ2v) is 8.21. The molecule has 1 heterocycles. The minimum atomic E-state index is -1.18. The second-order valence-electron chi connectivity index (χ2n) is 7.00. The maximum Gasteiger partial charge on any atom is 0.141 e.